The number of hydrogen-bond donors (Lipinski definition) is 0. The van der Waals surface area contributed by atoms with Crippen molar-refractivity contribution in [2.45, 2.75) is 77.0 Å². The molecule has 0 bridgehead atoms. The second kappa shape index (κ2) is 12.7. The standard InChI is InChI=1S/C22H32N2/c1(3-5-7-9-12-21-15-18-23-19-16-21)2-4-6-8-10-13-22-14-11-17-24-20-22/h11,14-20H,1-10,12-13H2. The van der Waals surface area contributed by atoms with Crippen LogP contribution in [0, 0.1) is 0 Å². The zero-order chi connectivity index (χ0) is 16.7. The lowest BCUT2D eigenvalue weighted by atomic mass is 10.0. The van der Waals surface area contributed by atoms with Crippen molar-refractivity contribution in [3.8, 4) is 0 Å². The van der Waals surface area contributed by atoms with Gasteiger partial charge in [0.25, 0.3) is 0 Å². The molecular weight excluding hydrogens is 292 g/mol. The molecule has 0 unspecified atom stereocenters. The van der Waals surface area contributed by atoms with Gasteiger partial charge in [0.1, 0.15) is 0 Å². The zero-order valence-corrected chi connectivity index (χ0v) is 15.0. The summed E-state index contributed by atoms with van der Waals surface area (Å²) in [6.07, 6.45) is 23.8. The first kappa shape index (κ1) is 18.6. The minimum Gasteiger partial charge on any atom is -0.265 e. The van der Waals surface area contributed by atoms with Crippen LogP contribution in [0.15, 0.2) is 49.1 Å². The van der Waals surface area contributed by atoms with E-state index in [0.29, 0.717) is 0 Å². The summed E-state index contributed by atoms with van der Waals surface area (Å²) >= 11 is 0. The third-order valence-electron chi connectivity index (χ3n) is 4.65. The van der Waals surface area contributed by atoms with Crippen LogP contribution in [-0.4, -0.2) is 9.97 Å². The lowest BCUT2D eigenvalue weighted by molar-refractivity contribution is 0.551. The predicted molar refractivity (Wildman–Crippen MR) is 102 cm³/mol. The van der Waals surface area contributed by atoms with E-state index in [4.69, 9.17) is 0 Å². The van der Waals surface area contributed by atoms with Crippen molar-refractivity contribution in [2.24, 2.45) is 0 Å². The molecule has 2 aromatic heterocycles. The topological polar surface area (TPSA) is 25.8 Å². The summed E-state index contributed by atoms with van der Waals surface area (Å²) in [6.45, 7) is 0. The fourth-order valence-electron chi connectivity index (χ4n) is 3.17. The van der Waals surface area contributed by atoms with Crippen LogP contribution in [0.5, 0.6) is 0 Å². The molecule has 0 aliphatic carbocycles. The predicted octanol–water partition coefficient (Wildman–Crippen LogP) is 6.16. The van der Waals surface area contributed by atoms with Gasteiger partial charge in [-0.1, -0.05) is 57.4 Å². The molecular formula is C22H32N2. The number of pyridine rings is 2. The zero-order valence-electron chi connectivity index (χ0n) is 15.0. The molecule has 2 heterocycles. The number of aryl methyl sites for hydroxylation is 2. The summed E-state index contributed by atoms with van der Waals surface area (Å²) < 4.78 is 0. The molecule has 0 N–H and O–H groups in total. The lowest BCUT2D eigenvalue weighted by Crippen LogP contribution is -1.88. The van der Waals surface area contributed by atoms with Crippen LogP contribution in [0.1, 0.15) is 75.3 Å². The molecule has 0 radical (unpaired) electrons. The highest BCUT2D eigenvalue weighted by Gasteiger charge is 1.96. The summed E-state index contributed by atoms with van der Waals surface area (Å²) in [5, 5.41) is 0. The molecule has 0 aliphatic heterocycles. The van der Waals surface area contributed by atoms with Crippen molar-refractivity contribution in [3.05, 3.63) is 60.2 Å². The summed E-state index contributed by atoms with van der Waals surface area (Å²) in [5.74, 6) is 0. The van der Waals surface area contributed by atoms with Crippen molar-refractivity contribution in [2.75, 3.05) is 0 Å². The fourth-order valence-corrected chi connectivity index (χ4v) is 3.17. The fraction of sp³-hybridized carbons (Fsp3) is 0.545. The van der Waals surface area contributed by atoms with Crippen molar-refractivity contribution in [1.29, 1.82) is 0 Å². The Bertz CT molecular complexity index is 461. The maximum absolute atomic E-state index is 4.17. The number of aromatic nitrogens is 2. The Kier molecular flexibility index (Phi) is 9.85. The van der Waals surface area contributed by atoms with E-state index in [1.54, 1.807) is 0 Å². The maximum Gasteiger partial charge on any atom is 0.0299 e. The Labute approximate surface area is 147 Å². The first-order valence-electron chi connectivity index (χ1n) is 9.73. The largest absolute Gasteiger partial charge is 0.265 e. The molecule has 2 nitrogen and oxygen atoms in total. The third kappa shape index (κ3) is 8.81. The number of unbranched alkanes of at least 4 members (excludes halogenated alkanes) is 9. The second-order valence-corrected chi connectivity index (χ2v) is 6.75. The van der Waals surface area contributed by atoms with Crippen molar-refractivity contribution in [1.82, 2.24) is 9.97 Å². The Balaban J connectivity index is 1.32. The van der Waals surface area contributed by atoms with Crippen molar-refractivity contribution < 1.29 is 0 Å². The monoisotopic (exact) mass is 324 g/mol. The van der Waals surface area contributed by atoms with Crippen LogP contribution < -0.4 is 0 Å². The van der Waals surface area contributed by atoms with E-state index in [0.717, 1.165) is 0 Å². The molecule has 2 aromatic rings. The van der Waals surface area contributed by atoms with Crippen LogP contribution in [0.25, 0.3) is 0 Å². The van der Waals surface area contributed by atoms with E-state index >= 15 is 0 Å². The van der Waals surface area contributed by atoms with Crippen molar-refractivity contribution >= 4 is 0 Å². The normalized spacial score (nSPS) is 10.8. The Morgan fingerprint density at radius 3 is 1.58 bits per heavy atom. The summed E-state index contributed by atoms with van der Waals surface area (Å²) in [6, 6.07) is 8.48. The van der Waals surface area contributed by atoms with Gasteiger partial charge >= 0.3 is 0 Å². The van der Waals surface area contributed by atoms with E-state index in [9.17, 15) is 0 Å². The molecule has 2 heteroatoms. The molecule has 0 saturated heterocycles. The van der Waals surface area contributed by atoms with E-state index in [1.165, 1.54) is 88.2 Å². The van der Waals surface area contributed by atoms with Crippen LogP contribution in [0.4, 0.5) is 0 Å². The van der Waals surface area contributed by atoms with Gasteiger partial charge in [-0.15, -0.1) is 0 Å². The highest BCUT2D eigenvalue weighted by molar-refractivity contribution is 5.09. The van der Waals surface area contributed by atoms with Crippen molar-refractivity contribution in [3.63, 3.8) is 0 Å². The number of nitrogens with zero attached hydrogens (tertiary/aromatic N) is 2. The van der Waals surface area contributed by atoms with Gasteiger partial charge in [-0.3, -0.25) is 9.97 Å². The molecule has 0 atom stereocenters. The molecule has 0 aliphatic rings. The van der Waals surface area contributed by atoms with Gasteiger partial charge in [-0.2, -0.15) is 0 Å². The van der Waals surface area contributed by atoms with E-state index in [-0.39, 0.29) is 0 Å². The van der Waals surface area contributed by atoms with E-state index in [1.807, 2.05) is 30.9 Å². The van der Waals surface area contributed by atoms with Gasteiger partial charge in [-0.05, 0) is 55.0 Å². The number of rotatable bonds is 13. The van der Waals surface area contributed by atoms with Crippen LogP contribution in [0.3, 0.4) is 0 Å². The Morgan fingerprint density at radius 2 is 1.04 bits per heavy atom. The van der Waals surface area contributed by atoms with Gasteiger partial charge in [0.05, 0.1) is 0 Å². The summed E-state index contributed by atoms with van der Waals surface area (Å²) in [4.78, 5) is 8.23. The van der Waals surface area contributed by atoms with Gasteiger partial charge in [0.15, 0.2) is 0 Å². The van der Waals surface area contributed by atoms with E-state index < -0.39 is 0 Å². The minimum absolute atomic E-state index is 1.19. The first-order valence-corrected chi connectivity index (χ1v) is 9.73. The van der Waals surface area contributed by atoms with Crippen LogP contribution in [0.2, 0.25) is 0 Å². The lowest BCUT2D eigenvalue weighted by Gasteiger charge is -2.04. The highest BCUT2D eigenvalue weighted by Crippen LogP contribution is 2.13. The first-order chi connectivity index (χ1) is 11.9. The molecule has 0 aromatic carbocycles. The van der Waals surface area contributed by atoms with Gasteiger partial charge in [0.2, 0.25) is 0 Å². The average Bonchev–Trinajstić information content (AvgIpc) is 2.64. The molecule has 0 saturated carbocycles. The number of hydrogen-bond acceptors (Lipinski definition) is 2. The van der Waals surface area contributed by atoms with Gasteiger partial charge in [0, 0.05) is 24.8 Å². The molecule has 130 valence electrons. The summed E-state index contributed by atoms with van der Waals surface area (Å²) in [5.41, 5.74) is 2.81. The maximum atomic E-state index is 4.17. The molecule has 0 amide bonds. The molecule has 0 spiro atoms. The SMILES string of the molecule is c1cncc(CCCCCCCCCCCCc2ccncc2)c1. The smallest absolute Gasteiger partial charge is 0.0299 e. The molecule has 2 rings (SSSR count). The second-order valence-electron chi connectivity index (χ2n) is 6.75. The summed E-state index contributed by atoms with van der Waals surface area (Å²) in [7, 11) is 0. The average molecular weight is 325 g/mol. The minimum atomic E-state index is 1.19. The highest BCUT2D eigenvalue weighted by atomic mass is 14.6. The molecule has 0 fully saturated rings. The third-order valence-corrected chi connectivity index (χ3v) is 4.65. The van der Waals surface area contributed by atoms with Gasteiger partial charge < -0.3 is 0 Å². The van der Waals surface area contributed by atoms with Gasteiger partial charge in [-0.25, -0.2) is 0 Å². The quantitative estimate of drug-likeness (QED) is 0.412. The Morgan fingerprint density at radius 1 is 0.500 bits per heavy atom. The molecule has 24 heavy (non-hydrogen) atoms. The Hall–Kier alpha value is -1.70. The van der Waals surface area contributed by atoms with E-state index in [2.05, 4.69) is 28.2 Å². The van der Waals surface area contributed by atoms with Crippen LogP contribution >= 0.6 is 0 Å². The van der Waals surface area contributed by atoms with Crippen LogP contribution in [-0.2, 0) is 12.8 Å².